The van der Waals surface area contributed by atoms with Crippen molar-refractivity contribution in [1.29, 1.82) is 0 Å². The average molecular weight is 435 g/mol. The summed E-state index contributed by atoms with van der Waals surface area (Å²) in [5, 5.41) is 5.63. The normalized spacial score (nSPS) is 10.9. The maximum Gasteiger partial charge on any atom is 0.573 e. The lowest BCUT2D eigenvalue weighted by molar-refractivity contribution is -0.274. The Balaban J connectivity index is 1.79. The molecule has 156 valence electrons. The van der Waals surface area contributed by atoms with Gasteiger partial charge in [-0.1, -0.05) is 24.3 Å². The van der Waals surface area contributed by atoms with Gasteiger partial charge < -0.3 is 20.0 Å². The third kappa shape index (κ3) is 5.74. The third-order valence-electron chi connectivity index (χ3n) is 3.95. The number of nitrogens with two attached hydrogens (primary N) is 1. The smallest absolute Gasteiger partial charge is 0.406 e. The molecule has 30 heavy (non-hydrogen) atoms. The molecule has 0 atom stereocenters. The number of ether oxygens (including phenoxy) is 1. The number of amides is 1. The van der Waals surface area contributed by atoms with Crippen molar-refractivity contribution in [3.63, 3.8) is 0 Å². The van der Waals surface area contributed by atoms with Crippen LogP contribution in [-0.2, 0) is 4.18 Å². The molecule has 0 bridgehead atoms. The minimum atomic E-state index is -4.74. The van der Waals surface area contributed by atoms with Crippen molar-refractivity contribution in [2.45, 2.75) is 6.36 Å². The Hall–Kier alpha value is -3.53. The summed E-state index contributed by atoms with van der Waals surface area (Å²) < 4.78 is 45.1. The number of halogens is 3. The topological polar surface area (TPSA) is 85.6 Å². The largest absolute Gasteiger partial charge is 0.573 e. The minimum absolute atomic E-state index is 0.294. The molecule has 0 saturated carbocycles. The zero-order chi connectivity index (χ0) is 21.7. The van der Waals surface area contributed by atoms with Gasteiger partial charge in [0.2, 0.25) is 0 Å². The van der Waals surface area contributed by atoms with Gasteiger partial charge in [0.25, 0.3) is 0 Å². The molecule has 10 heteroatoms. The molecule has 0 aliphatic carbocycles. The Morgan fingerprint density at radius 3 is 2.33 bits per heavy atom. The maximum atomic E-state index is 12.3. The molecule has 0 aromatic heterocycles. The van der Waals surface area contributed by atoms with Gasteiger partial charge in [-0.25, -0.2) is 4.79 Å². The first-order valence-electron chi connectivity index (χ1n) is 8.49. The van der Waals surface area contributed by atoms with E-state index in [2.05, 4.69) is 32.5 Å². The van der Waals surface area contributed by atoms with Gasteiger partial charge in [-0.15, -0.1) is 13.2 Å². The van der Waals surface area contributed by atoms with E-state index in [-0.39, 0.29) is 5.75 Å². The van der Waals surface area contributed by atoms with Gasteiger partial charge in [0.1, 0.15) is 5.75 Å². The van der Waals surface area contributed by atoms with E-state index in [1.54, 1.807) is 36.4 Å². The van der Waals surface area contributed by atoms with Crippen LogP contribution in [-0.4, -0.2) is 12.5 Å². The second kappa shape index (κ2) is 8.87. The minimum Gasteiger partial charge on any atom is -0.406 e. The highest BCUT2D eigenvalue weighted by molar-refractivity contribution is 7.75. The van der Waals surface area contributed by atoms with E-state index >= 15 is 0 Å². The molecule has 6 nitrogen and oxygen atoms in total. The van der Waals surface area contributed by atoms with Crippen LogP contribution in [0.1, 0.15) is 0 Å². The van der Waals surface area contributed by atoms with Crippen LogP contribution in [0.15, 0.2) is 66.7 Å². The number of hydrogen-bond acceptors (Lipinski definition) is 6. The summed E-state index contributed by atoms with van der Waals surface area (Å²) >= 11 is 3.43. The first-order valence-corrected chi connectivity index (χ1v) is 8.85. The van der Waals surface area contributed by atoms with E-state index in [4.69, 9.17) is 5.73 Å². The molecule has 3 aromatic carbocycles. The van der Waals surface area contributed by atoms with Crippen molar-refractivity contribution in [1.82, 2.24) is 0 Å². The molecular formula is C20H16F3N3O3S. The van der Waals surface area contributed by atoms with Gasteiger partial charge in [0.05, 0.1) is 11.4 Å². The molecule has 0 saturated heterocycles. The molecular weight excluding hydrogens is 419 g/mol. The van der Waals surface area contributed by atoms with Crippen molar-refractivity contribution in [3.05, 3.63) is 66.7 Å². The highest BCUT2D eigenvalue weighted by Crippen LogP contribution is 2.31. The van der Waals surface area contributed by atoms with E-state index in [1.165, 1.54) is 24.3 Å². The molecule has 4 N–H and O–H groups in total. The van der Waals surface area contributed by atoms with Gasteiger partial charge in [-0.05, 0) is 53.6 Å². The predicted molar refractivity (Wildman–Crippen MR) is 112 cm³/mol. The number of alkyl halides is 3. The van der Waals surface area contributed by atoms with Crippen LogP contribution in [0.4, 0.5) is 40.7 Å². The lowest BCUT2D eigenvalue weighted by Gasteiger charge is -2.13. The second-order valence-electron chi connectivity index (χ2n) is 6.08. The fourth-order valence-corrected chi connectivity index (χ4v) is 2.71. The van der Waals surface area contributed by atoms with E-state index < -0.39 is 12.5 Å². The zero-order valence-corrected chi connectivity index (χ0v) is 16.1. The number of thiol groups is 1. The number of nitrogens with one attached hydrogen (secondary N) is 2. The molecule has 0 spiro atoms. The lowest BCUT2D eigenvalue weighted by Crippen LogP contribution is -2.16. The van der Waals surface area contributed by atoms with E-state index in [0.717, 1.165) is 5.56 Å². The van der Waals surface area contributed by atoms with Crippen LogP contribution in [0.2, 0.25) is 0 Å². The number of anilines is 4. The maximum absolute atomic E-state index is 12.3. The highest BCUT2D eigenvalue weighted by atomic mass is 32.1. The number of hydrogen-bond donors (Lipinski definition) is 4. The quantitative estimate of drug-likeness (QED) is 0.225. The molecule has 0 unspecified atom stereocenters. The Morgan fingerprint density at radius 1 is 0.933 bits per heavy atom. The predicted octanol–water partition coefficient (Wildman–Crippen LogP) is 5.97. The highest BCUT2D eigenvalue weighted by Gasteiger charge is 2.30. The van der Waals surface area contributed by atoms with Crippen LogP contribution in [0.25, 0.3) is 11.1 Å². The molecule has 0 fully saturated rings. The van der Waals surface area contributed by atoms with Gasteiger partial charge in [0, 0.05) is 24.3 Å². The third-order valence-corrected chi connectivity index (χ3v) is 4.11. The van der Waals surface area contributed by atoms with Crippen molar-refractivity contribution < 1.29 is 26.9 Å². The van der Waals surface area contributed by atoms with E-state index in [0.29, 0.717) is 28.3 Å². The molecule has 3 rings (SSSR count). The fourth-order valence-electron chi connectivity index (χ4n) is 2.66. The first kappa shape index (κ1) is 21.2. The Labute approximate surface area is 175 Å². The fraction of sp³-hybridized carbons (Fsp3) is 0.0500. The van der Waals surface area contributed by atoms with E-state index in [1.807, 2.05) is 6.07 Å². The Morgan fingerprint density at radius 2 is 1.67 bits per heavy atom. The summed E-state index contributed by atoms with van der Waals surface area (Å²) in [4.78, 5) is 11.3. The number of rotatable bonds is 5. The molecule has 1 amide bonds. The van der Waals surface area contributed by atoms with Crippen molar-refractivity contribution >= 4 is 41.8 Å². The van der Waals surface area contributed by atoms with Crippen LogP contribution in [0.3, 0.4) is 0 Å². The Kier molecular flexibility index (Phi) is 6.26. The van der Waals surface area contributed by atoms with Crippen molar-refractivity contribution in [3.8, 4) is 16.9 Å². The lowest BCUT2D eigenvalue weighted by atomic mass is 10.0. The molecule has 0 heterocycles. The van der Waals surface area contributed by atoms with Gasteiger partial charge in [-0.3, -0.25) is 5.32 Å². The van der Waals surface area contributed by atoms with E-state index in [9.17, 15) is 18.0 Å². The number of carbonyl (C=O) groups excluding carboxylic acids is 1. The summed E-state index contributed by atoms with van der Waals surface area (Å²) in [5.41, 5.74) is 9.57. The summed E-state index contributed by atoms with van der Waals surface area (Å²) in [6.07, 6.45) is -5.48. The Bertz CT molecular complexity index is 1040. The number of nitrogen functional groups attached to an aromatic ring is 1. The summed E-state index contributed by atoms with van der Waals surface area (Å²) in [7, 11) is 0. The first-order chi connectivity index (χ1) is 14.2. The molecule has 3 aromatic rings. The summed E-state index contributed by atoms with van der Waals surface area (Å²) in [5.74, 6) is -0.294. The molecule has 0 radical (unpaired) electrons. The van der Waals surface area contributed by atoms with Crippen molar-refractivity contribution in [2.75, 3.05) is 16.4 Å². The average Bonchev–Trinajstić information content (AvgIpc) is 2.70. The van der Waals surface area contributed by atoms with Crippen molar-refractivity contribution in [2.24, 2.45) is 0 Å². The SMILES string of the molecule is Nc1ccc(NC(=O)OS)cc1Nc1cccc(-c2ccc(OC(F)(F)F)cc2)c1. The van der Waals surface area contributed by atoms with Gasteiger partial charge in [-0.2, -0.15) is 0 Å². The van der Waals surface area contributed by atoms with Crippen LogP contribution in [0, 0.1) is 0 Å². The number of benzene rings is 3. The van der Waals surface area contributed by atoms with Crippen LogP contribution in [0.5, 0.6) is 5.75 Å². The molecule has 0 aliphatic rings. The summed E-state index contributed by atoms with van der Waals surface area (Å²) in [6, 6.07) is 17.6. The second-order valence-corrected chi connectivity index (χ2v) is 6.27. The molecule has 0 aliphatic heterocycles. The van der Waals surface area contributed by atoms with Crippen LogP contribution < -0.4 is 21.1 Å². The number of carbonyl (C=O) groups is 1. The zero-order valence-electron chi connectivity index (χ0n) is 15.2. The van der Waals surface area contributed by atoms with Crippen LogP contribution >= 0.6 is 12.9 Å². The summed E-state index contributed by atoms with van der Waals surface area (Å²) in [6.45, 7) is 0. The standard InChI is InChI=1S/C20H16F3N3O3S/c21-20(22,23)28-16-7-4-12(5-8-16)13-2-1-3-14(10-13)25-18-11-15(6-9-17(18)24)26-19(27)29-30/h1-11,25,30H,24H2,(H,26,27). The monoisotopic (exact) mass is 435 g/mol. The van der Waals surface area contributed by atoms with Gasteiger partial charge in [0.15, 0.2) is 0 Å². The van der Waals surface area contributed by atoms with Gasteiger partial charge >= 0.3 is 12.5 Å².